The summed E-state index contributed by atoms with van der Waals surface area (Å²) in [5.41, 5.74) is 6.85. The summed E-state index contributed by atoms with van der Waals surface area (Å²) < 4.78 is 27.3. The molecule has 8 heteroatoms. The SMILES string of the molecule is Cc1ccc(NC(=O)CCC(C)N)cc1S(=O)(=O)N1CCCCC1.Cl. The number of anilines is 1. The number of rotatable bonds is 6. The third-order valence-electron chi connectivity index (χ3n) is 4.23. The van der Waals surface area contributed by atoms with Crippen LogP contribution in [0.2, 0.25) is 0 Å². The normalized spacial score (nSPS) is 16.8. The standard InChI is InChI=1S/C17H27N3O3S.ClH/c1-13-6-8-15(19-17(21)9-7-14(2)18)12-16(13)24(22,23)20-10-4-3-5-11-20;/h6,8,12,14H,3-5,7,9-11,18H2,1-2H3,(H,19,21);1H. The van der Waals surface area contributed by atoms with Gasteiger partial charge in [0.1, 0.15) is 0 Å². The van der Waals surface area contributed by atoms with Gasteiger partial charge in [0.05, 0.1) is 4.90 Å². The molecule has 0 radical (unpaired) electrons. The van der Waals surface area contributed by atoms with E-state index in [1.807, 2.05) is 6.92 Å². The van der Waals surface area contributed by atoms with E-state index in [0.717, 1.165) is 19.3 Å². The molecule has 1 aliphatic rings. The van der Waals surface area contributed by atoms with E-state index >= 15 is 0 Å². The number of hydrogen-bond acceptors (Lipinski definition) is 4. The van der Waals surface area contributed by atoms with Gasteiger partial charge in [0, 0.05) is 31.2 Å². The highest BCUT2D eigenvalue weighted by molar-refractivity contribution is 7.89. The molecule has 0 saturated carbocycles. The molecule has 0 spiro atoms. The predicted octanol–water partition coefficient (Wildman–Crippen LogP) is 2.66. The Bertz CT molecular complexity index is 686. The topological polar surface area (TPSA) is 92.5 Å². The molecule has 1 heterocycles. The maximum absolute atomic E-state index is 12.9. The summed E-state index contributed by atoms with van der Waals surface area (Å²) in [6.07, 6.45) is 3.77. The van der Waals surface area contributed by atoms with Gasteiger partial charge in [-0.1, -0.05) is 12.5 Å². The number of amides is 1. The highest BCUT2D eigenvalue weighted by Crippen LogP contribution is 2.26. The van der Waals surface area contributed by atoms with Crippen molar-refractivity contribution in [2.75, 3.05) is 18.4 Å². The fraction of sp³-hybridized carbons (Fsp3) is 0.588. The van der Waals surface area contributed by atoms with Crippen LogP contribution in [0.25, 0.3) is 0 Å². The van der Waals surface area contributed by atoms with Crippen LogP contribution in [0.5, 0.6) is 0 Å². The van der Waals surface area contributed by atoms with Gasteiger partial charge < -0.3 is 11.1 Å². The van der Waals surface area contributed by atoms with Crippen molar-refractivity contribution in [1.29, 1.82) is 0 Å². The number of halogens is 1. The Morgan fingerprint density at radius 1 is 1.28 bits per heavy atom. The van der Waals surface area contributed by atoms with Crippen LogP contribution < -0.4 is 11.1 Å². The first-order valence-corrected chi connectivity index (χ1v) is 9.91. The fourth-order valence-corrected chi connectivity index (χ4v) is 4.55. The average Bonchev–Trinajstić information content (AvgIpc) is 2.55. The second-order valence-corrected chi connectivity index (χ2v) is 8.42. The van der Waals surface area contributed by atoms with Gasteiger partial charge in [0.2, 0.25) is 15.9 Å². The monoisotopic (exact) mass is 389 g/mol. The number of nitrogens with two attached hydrogens (primary N) is 1. The molecule has 1 atom stereocenters. The Labute approximate surface area is 156 Å². The molecule has 1 aliphatic heterocycles. The maximum Gasteiger partial charge on any atom is 0.243 e. The van der Waals surface area contributed by atoms with Crippen LogP contribution in [0.4, 0.5) is 5.69 Å². The molecule has 0 aliphatic carbocycles. The summed E-state index contributed by atoms with van der Waals surface area (Å²) in [6.45, 7) is 4.75. The summed E-state index contributed by atoms with van der Waals surface area (Å²) >= 11 is 0. The second-order valence-electron chi connectivity index (χ2n) is 6.51. The van der Waals surface area contributed by atoms with Crippen LogP contribution in [0.3, 0.4) is 0 Å². The predicted molar refractivity (Wildman–Crippen MR) is 103 cm³/mol. The van der Waals surface area contributed by atoms with Crippen molar-refractivity contribution >= 4 is 34.0 Å². The van der Waals surface area contributed by atoms with Crippen LogP contribution in [-0.2, 0) is 14.8 Å². The molecule has 1 aromatic carbocycles. The van der Waals surface area contributed by atoms with Crippen molar-refractivity contribution in [2.45, 2.75) is 56.9 Å². The lowest BCUT2D eigenvalue weighted by Gasteiger charge is -2.26. The highest BCUT2D eigenvalue weighted by Gasteiger charge is 2.27. The molecule has 142 valence electrons. The lowest BCUT2D eigenvalue weighted by molar-refractivity contribution is -0.116. The van der Waals surface area contributed by atoms with Crippen LogP contribution in [0, 0.1) is 6.92 Å². The molecule has 0 aromatic heterocycles. The number of hydrogen-bond donors (Lipinski definition) is 2. The Morgan fingerprint density at radius 3 is 2.52 bits per heavy atom. The number of benzene rings is 1. The molecule has 1 aromatic rings. The van der Waals surface area contributed by atoms with Crippen LogP contribution in [0.1, 0.15) is 44.6 Å². The number of carbonyl (C=O) groups is 1. The van der Waals surface area contributed by atoms with Crippen molar-refractivity contribution in [3.63, 3.8) is 0 Å². The van der Waals surface area contributed by atoms with Gasteiger partial charge in [-0.15, -0.1) is 12.4 Å². The van der Waals surface area contributed by atoms with Crippen LogP contribution >= 0.6 is 12.4 Å². The number of carbonyl (C=O) groups excluding carboxylic acids is 1. The quantitative estimate of drug-likeness (QED) is 0.782. The summed E-state index contributed by atoms with van der Waals surface area (Å²) in [4.78, 5) is 12.2. The van der Waals surface area contributed by atoms with E-state index in [-0.39, 0.29) is 29.3 Å². The number of sulfonamides is 1. The number of aryl methyl sites for hydroxylation is 1. The van der Waals surface area contributed by atoms with E-state index in [0.29, 0.717) is 37.2 Å². The average molecular weight is 390 g/mol. The summed E-state index contributed by atoms with van der Waals surface area (Å²) in [5.74, 6) is -0.155. The molecule has 6 nitrogen and oxygen atoms in total. The molecule has 2 rings (SSSR count). The Hall–Kier alpha value is -1.15. The van der Waals surface area contributed by atoms with E-state index in [1.165, 1.54) is 0 Å². The maximum atomic E-state index is 12.9. The minimum atomic E-state index is -3.51. The third kappa shape index (κ3) is 5.95. The first-order chi connectivity index (χ1) is 11.3. The smallest absolute Gasteiger partial charge is 0.243 e. The van der Waals surface area contributed by atoms with Crippen LogP contribution in [-0.4, -0.2) is 37.8 Å². The molecule has 0 bridgehead atoms. The van der Waals surface area contributed by atoms with Crippen molar-refractivity contribution < 1.29 is 13.2 Å². The number of nitrogens with one attached hydrogen (secondary N) is 1. The first-order valence-electron chi connectivity index (χ1n) is 8.47. The molecule has 1 amide bonds. The van der Waals surface area contributed by atoms with E-state index in [1.54, 1.807) is 29.4 Å². The molecule has 1 saturated heterocycles. The second kappa shape index (κ2) is 9.52. The fourth-order valence-electron chi connectivity index (χ4n) is 2.78. The van der Waals surface area contributed by atoms with Gasteiger partial charge in [0.25, 0.3) is 0 Å². The summed E-state index contributed by atoms with van der Waals surface area (Å²) in [6, 6.07) is 4.99. The molecular weight excluding hydrogens is 362 g/mol. The van der Waals surface area contributed by atoms with Gasteiger partial charge in [0.15, 0.2) is 0 Å². The van der Waals surface area contributed by atoms with Gasteiger partial charge in [-0.05, 0) is 50.8 Å². The molecule has 25 heavy (non-hydrogen) atoms. The Kier molecular flexibility index (Phi) is 8.34. The van der Waals surface area contributed by atoms with Crippen LogP contribution in [0.15, 0.2) is 23.1 Å². The molecular formula is C17H28ClN3O3S. The van der Waals surface area contributed by atoms with E-state index in [9.17, 15) is 13.2 Å². The molecule has 1 fully saturated rings. The van der Waals surface area contributed by atoms with Gasteiger partial charge >= 0.3 is 0 Å². The number of piperidine rings is 1. The van der Waals surface area contributed by atoms with Gasteiger partial charge in [-0.3, -0.25) is 4.79 Å². The minimum Gasteiger partial charge on any atom is -0.328 e. The lowest BCUT2D eigenvalue weighted by atomic mass is 10.2. The molecule has 1 unspecified atom stereocenters. The van der Waals surface area contributed by atoms with Crippen molar-refractivity contribution in [1.82, 2.24) is 4.31 Å². The highest BCUT2D eigenvalue weighted by atomic mass is 35.5. The minimum absolute atomic E-state index is 0. The number of nitrogens with zero attached hydrogens (tertiary/aromatic N) is 1. The Balaban J connectivity index is 0.00000312. The van der Waals surface area contributed by atoms with E-state index in [2.05, 4.69) is 5.32 Å². The van der Waals surface area contributed by atoms with Gasteiger partial charge in [-0.2, -0.15) is 4.31 Å². The first kappa shape index (κ1) is 21.9. The molecule has 3 N–H and O–H groups in total. The van der Waals surface area contributed by atoms with Crippen molar-refractivity contribution in [2.24, 2.45) is 5.73 Å². The summed E-state index contributed by atoms with van der Waals surface area (Å²) in [5, 5.41) is 2.76. The van der Waals surface area contributed by atoms with E-state index < -0.39 is 10.0 Å². The lowest BCUT2D eigenvalue weighted by Crippen LogP contribution is -2.36. The summed E-state index contributed by atoms with van der Waals surface area (Å²) in [7, 11) is -3.51. The zero-order valence-corrected chi connectivity index (χ0v) is 16.5. The van der Waals surface area contributed by atoms with E-state index in [4.69, 9.17) is 5.73 Å². The zero-order chi connectivity index (χ0) is 17.7. The zero-order valence-electron chi connectivity index (χ0n) is 14.8. The van der Waals surface area contributed by atoms with Crippen molar-refractivity contribution in [3.8, 4) is 0 Å². The largest absolute Gasteiger partial charge is 0.328 e. The Morgan fingerprint density at radius 2 is 1.92 bits per heavy atom. The van der Waals surface area contributed by atoms with Gasteiger partial charge in [-0.25, -0.2) is 8.42 Å². The van der Waals surface area contributed by atoms with Crippen molar-refractivity contribution in [3.05, 3.63) is 23.8 Å². The third-order valence-corrected chi connectivity index (χ3v) is 6.27.